The van der Waals surface area contributed by atoms with Gasteiger partial charge in [-0.15, -0.1) is 0 Å². The van der Waals surface area contributed by atoms with E-state index in [1.807, 2.05) is 29.1 Å². The highest BCUT2D eigenvalue weighted by Gasteiger charge is 2.10. The van der Waals surface area contributed by atoms with E-state index in [9.17, 15) is 0 Å². The van der Waals surface area contributed by atoms with Crippen molar-refractivity contribution in [1.29, 1.82) is 0 Å². The maximum atomic E-state index is 4.51. The van der Waals surface area contributed by atoms with Crippen LogP contribution < -0.4 is 0 Å². The minimum atomic E-state index is 0.596. The van der Waals surface area contributed by atoms with E-state index >= 15 is 0 Å². The summed E-state index contributed by atoms with van der Waals surface area (Å²) in [6, 6.07) is 8.04. The van der Waals surface area contributed by atoms with Gasteiger partial charge in [-0.1, -0.05) is 70.2 Å². The summed E-state index contributed by atoms with van der Waals surface area (Å²) < 4.78 is 0. The monoisotopic (exact) mass is 443 g/mol. The molecular formula is C18H27Br2N3. The first kappa shape index (κ1) is 18.9. The van der Waals surface area contributed by atoms with E-state index in [1.54, 1.807) is 0 Å². The first-order valence-corrected chi connectivity index (χ1v) is 10.6. The smallest absolute Gasteiger partial charge is 0.113 e. The second-order valence-corrected chi connectivity index (χ2v) is 8.78. The van der Waals surface area contributed by atoms with Gasteiger partial charge in [0.25, 0.3) is 0 Å². The van der Waals surface area contributed by atoms with Gasteiger partial charge in [-0.2, -0.15) is 15.0 Å². The highest BCUT2D eigenvalue weighted by atomic mass is 79.9. The zero-order chi connectivity index (χ0) is 16.5. The number of fused-ring (bicyclic) bond motifs is 1. The molecule has 1 aromatic carbocycles. The minimum Gasteiger partial charge on any atom is -0.184 e. The van der Waals surface area contributed by atoms with Crippen molar-refractivity contribution >= 4 is 42.9 Å². The number of hydrogen-bond acceptors (Lipinski definition) is 2. The summed E-state index contributed by atoms with van der Waals surface area (Å²) in [7, 11) is 0. The van der Waals surface area contributed by atoms with Crippen molar-refractivity contribution in [3.63, 3.8) is 0 Å². The SMILES string of the molecule is CCCCCC(Br)CCC(Br)CCCn1nc2ccccc2n1. The summed E-state index contributed by atoms with van der Waals surface area (Å²) in [4.78, 5) is 3.11. The maximum Gasteiger partial charge on any atom is 0.113 e. The fourth-order valence-electron chi connectivity index (χ4n) is 2.72. The summed E-state index contributed by atoms with van der Waals surface area (Å²) in [5, 5.41) is 9.02. The minimum absolute atomic E-state index is 0.596. The Morgan fingerprint density at radius 2 is 1.43 bits per heavy atom. The third-order valence-corrected chi connectivity index (χ3v) is 5.95. The molecule has 0 saturated heterocycles. The molecule has 0 amide bonds. The molecule has 2 rings (SSSR count). The average Bonchev–Trinajstić information content (AvgIpc) is 2.96. The van der Waals surface area contributed by atoms with Crippen LogP contribution in [0.3, 0.4) is 0 Å². The molecule has 23 heavy (non-hydrogen) atoms. The Labute approximate surface area is 156 Å². The highest BCUT2D eigenvalue weighted by Crippen LogP contribution is 2.22. The molecule has 0 saturated carbocycles. The van der Waals surface area contributed by atoms with Gasteiger partial charge in [-0.05, 0) is 44.2 Å². The van der Waals surface area contributed by atoms with Crippen molar-refractivity contribution in [3.05, 3.63) is 24.3 Å². The third kappa shape index (κ3) is 6.92. The summed E-state index contributed by atoms with van der Waals surface area (Å²) >= 11 is 7.64. The van der Waals surface area contributed by atoms with E-state index in [2.05, 4.69) is 49.0 Å². The van der Waals surface area contributed by atoms with Crippen LogP contribution in [0.4, 0.5) is 0 Å². The summed E-state index contributed by atoms with van der Waals surface area (Å²) in [5.41, 5.74) is 1.97. The first-order chi connectivity index (χ1) is 11.2. The van der Waals surface area contributed by atoms with E-state index in [0.717, 1.165) is 24.0 Å². The van der Waals surface area contributed by atoms with Crippen molar-refractivity contribution in [2.45, 2.75) is 74.5 Å². The predicted octanol–water partition coefficient (Wildman–Crippen LogP) is 6.10. The van der Waals surface area contributed by atoms with Crippen LogP contribution in [0.1, 0.15) is 58.3 Å². The fraction of sp³-hybridized carbons (Fsp3) is 0.667. The Morgan fingerprint density at radius 1 is 0.870 bits per heavy atom. The number of halogens is 2. The molecule has 0 aliphatic heterocycles. The van der Waals surface area contributed by atoms with Crippen LogP contribution in [0.25, 0.3) is 11.0 Å². The predicted molar refractivity (Wildman–Crippen MR) is 106 cm³/mol. The van der Waals surface area contributed by atoms with Crippen LogP contribution in [0, 0.1) is 0 Å². The molecule has 0 aliphatic carbocycles. The van der Waals surface area contributed by atoms with Gasteiger partial charge in [0.05, 0.1) is 6.54 Å². The molecule has 1 heterocycles. The normalized spacial score (nSPS) is 14.2. The van der Waals surface area contributed by atoms with Crippen molar-refractivity contribution in [2.24, 2.45) is 0 Å². The molecule has 0 radical (unpaired) electrons. The number of nitrogens with zero attached hydrogens (tertiary/aromatic N) is 3. The van der Waals surface area contributed by atoms with Gasteiger partial charge in [0, 0.05) is 9.65 Å². The van der Waals surface area contributed by atoms with Gasteiger partial charge >= 0.3 is 0 Å². The molecule has 2 atom stereocenters. The average molecular weight is 445 g/mol. The maximum absolute atomic E-state index is 4.51. The van der Waals surface area contributed by atoms with Crippen molar-refractivity contribution in [1.82, 2.24) is 15.0 Å². The lowest BCUT2D eigenvalue weighted by molar-refractivity contribution is 0.492. The molecule has 2 aromatic rings. The topological polar surface area (TPSA) is 30.7 Å². The molecule has 0 bridgehead atoms. The first-order valence-electron chi connectivity index (χ1n) is 8.77. The number of alkyl halides is 2. The molecular weight excluding hydrogens is 418 g/mol. The lowest BCUT2D eigenvalue weighted by Gasteiger charge is -2.13. The third-order valence-electron chi connectivity index (χ3n) is 4.12. The standard InChI is InChI=1S/C18H27Br2N3/c1-2-3-4-8-15(19)12-13-16(20)9-7-14-23-21-17-10-5-6-11-18(17)22-23/h5-6,10-11,15-16H,2-4,7-9,12-14H2,1H3. The number of rotatable bonds is 11. The van der Waals surface area contributed by atoms with E-state index in [-0.39, 0.29) is 0 Å². The van der Waals surface area contributed by atoms with E-state index in [0.29, 0.717) is 9.65 Å². The molecule has 0 fully saturated rings. The van der Waals surface area contributed by atoms with Crippen LogP contribution in [0.2, 0.25) is 0 Å². The van der Waals surface area contributed by atoms with Crippen molar-refractivity contribution in [2.75, 3.05) is 0 Å². The van der Waals surface area contributed by atoms with Crippen LogP contribution in [0.15, 0.2) is 24.3 Å². The van der Waals surface area contributed by atoms with Gasteiger partial charge in [-0.3, -0.25) is 0 Å². The number of hydrogen-bond donors (Lipinski definition) is 0. The van der Waals surface area contributed by atoms with Gasteiger partial charge in [0.15, 0.2) is 0 Å². The molecule has 3 nitrogen and oxygen atoms in total. The zero-order valence-electron chi connectivity index (χ0n) is 13.9. The molecule has 5 heteroatoms. The van der Waals surface area contributed by atoms with Gasteiger partial charge in [-0.25, -0.2) is 0 Å². The quantitative estimate of drug-likeness (QED) is 0.309. The van der Waals surface area contributed by atoms with Gasteiger partial charge in [0.1, 0.15) is 11.0 Å². The lowest BCUT2D eigenvalue weighted by atomic mass is 10.1. The molecule has 0 spiro atoms. The van der Waals surface area contributed by atoms with E-state index in [4.69, 9.17) is 0 Å². The number of aromatic nitrogens is 3. The zero-order valence-corrected chi connectivity index (χ0v) is 17.1. The lowest BCUT2D eigenvalue weighted by Crippen LogP contribution is -2.07. The second-order valence-electron chi connectivity index (χ2n) is 6.19. The fourth-order valence-corrected chi connectivity index (χ4v) is 3.90. The van der Waals surface area contributed by atoms with Crippen LogP contribution in [0.5, 0.6) is 0 Å². The summed E-state index contributed by atoms with van der Waals surface area (Å²) in [6.07, 6.45) is 10.1. The van der Waals surface area contributed by atoms with Gasteiger partial charge < -0.3 is 0 Å². The largest absolute Gasteiger partial charge is 0.184 e. The number of benzene rings is 1. The number of aryl methyl sites for hydroxylation is 1. The summed E-state index contributed by atoms with van der Waals surface area (Å²) in [5.74, 6) is 0. The Bertz CT molecular complexity index is 537. The molecule has 0 N–H and O–H groups in total. The Hall–Kier alpha value is -0.420. The van der Waals surface area contributed by atoms with Crippen molar-refractivity contribution < 1.29 is 0 Å². The highest BCUT2D eigenvalue weighted by molar-refractivity contribution is 9.09. The molecule has 128 valence electrons. The van der Waals surface area contributed by atoms with E-state index in [1.165, 1.54) is 44.9 Å². The van der Waals surface area contributed by atoms with Crippen LogP contribution in [-0.4, -0.2) is 24.6 Å². The number of unbranched alkanes of at least 4 members (excludes halogenated alkanes) is 2. The molecule has 0 aliphatic rings. The van der Waals surface area contributed by atoms with Crippen LogP contribution >= 0.6 is 31.9 Å². The Balaban J connectivity index is 1.61. The molecule has 1 aromatic heterocycles. The van der Waals surface area contributed by atoms with Crippen LogP contribution in [-0.2, 0) is 6.54 Å². The molecule has 2 unspecified atom stereocenters. The second kappa shape index (κ2) is 10.4. The van der Waals surface area contributed by atoms with E-state index < -0.39 is 0 Å². The Morgan fingerprint density at radius 3 is 2.00 bits per heavy atom. The Kier molecular flexibility index (Phi) is 8.59. The summed E-state index contributed by atoms with van der Waals surface area (Å²) in [6.45, 7) is 3.15. The van der Waals surface area contributed by atoms with Crippen molar-refractivity contribution in [3.8, 4) is 0 Å². The van der Waals surface area contributed by atoms with Gasteiger partial charge in [0.2, 0.25) is 0 Å².